The summed E-state index contributed by atoms with van der Waals surface area (Å²) in [5.74, 6) is -0.0158. The summed E-state index contributed by atoms with van der Waals surface area (Å²) in [5, 5.41) is 8.85. The van der Waals surface area contributed by atoms with Crippen LogP contribution >= 0.6 is 23.2 Å². The second-order valence-electron chi connectivity index (χ2n) is 3.59. The second-order valence-corrected chi connectivity index (χ2v) is 6.06. The molecule has 0 saturated carbocycles. The Labute approximate surface area is 125 Å². The van der Waals surface area contributed by atoms with E-state index < -0.39 is 10.0 Å². The van der Waals surface area contributed by atoms with E-state index in [2.05, 4.69) is 14.7 Å². The van der Waals surface area contributed by atoms with E-state index in [1.807, 2.05) is 6.07 Å². The molecule has 2 aromatic rings. The van der Waals surface area contributed by atoms with Crippen LogP contribution in [0, 0.1) is 11.3 Å². The van der Waals surface area contributed by atoms with Gasteiger partial charge in [0.15, 0.2) is 5.82 Å². The number of sulfonamides is 1. The Hall–Kier alpha value is -1.88. The minimum Gasteiger partial charge on any atom is -0.262 e. The Kier molecular flexibility index (Phi) is 4.09. The van der Waals surface area contributed by atoms with E-state index in [1.165, 1.54) is 30.6 Å². The zero-order chi connectivity index (χ0) is 14.8. The van der Waals surface area contributed by atoms with Crippen LogP contribution in [-0.4, -0.2) is 18.4 Å². The first-order chi connectivity index (χ1) is 9.42. The van der Waals surface area contributed by atoms with Gasteiger partial charge in [-0.2, -0.15) is 5.26 Å². The minimum absolute atomic E-state index is 0.0158. The van der Waals surface area contributed by atoms with E-state index >= 15 is 0 Å². The van der Waals surface area contributed by atoms with Crippen LogP contribution in [0.4, 0.5) is 5.82 Å². The molecule has 0 radical (unpaired) electrons. The molecule has 6 nitrogen and oxygen atoms in total. The SMILES string of the molecule is N#Cc1ccc(S(=O)(=O)Nc2cncc(Cl)n2)cc1Cl. The van der Waals surface area contributed by atoms with Crippen molar-refractivity contribution in [2.75, 3.05) is 4.72 Å². The number of nitriles is 1. The molecule has 20 heavy (non-hydrogen) atoms. The average molecular weight is 329 g/mol. The quantitative estimate of drug-likeness (QED) is 0.933. The predicted octanol–water partition coefficient (Wildman–Crippen LogP) is 2.46. The van der Waals surface area contributed by atoms with Gasteiger partial charge in [0.05, 0.1) is 27.9 Å². The zero-order valence-electron chi connectivity index (χ0n) is 9.71. The van der Waals surface area contributed by atoms with Crippen LogP contribution in [0.15, 0.2) is 35.5 Å². The van der Waals surface area contributed by atoms with Gasteiger partial charge in [0, 0.05) is 0 Å². The molecule has 0 aliphatic heterocycles. The third-order valence-corrected chi connectivity index (χ3v) is 4.06. The van der Waals surface area contributed by atoms with E-state index in [-0.39, 0.29) is 26.5 Å². The van der Waals surface area contributed by atoms with Crippen LogP contribution in [0.5, 0.6) is 0 Å². The normalized spacial score (nSPS) is 10.8. The standard InChI is InChI=1S/C11H6Cl2N4O2S/c12-9-3-8(2-1-7(9)4-14)20(18,19)17-11-6-15-5-10(13)16-11/h1-3,5-6H,(H,16,17). The number of hydrogen-bond acceptors (Lipinski definition) is 5. The van der Waals surface area contributed by atoms with Gasteiger partial charge in [-0.1, -0.05) is 23.2 Å². The first-order valence-corrected chi connectivity index (χ1v) is 7.36. The van der Waals surface area contributed by atoms with E-state index in [1.54, 1.807) is 0 Å². The number of rotatable bonds is 3. The highest BCUT2D eigenvalue weighted by molar-refractivity contribution is 7.92. The van der Waals surface area contributed by atoms with Gasteiger partial charge in [-0.25, -0.2) is 13.4 Å². The molecule has 0 spiro atoms. The summed E-state index contributed by atoms with van der Waals surface area (Å²) < 4.78 is 26.4. The van der Waals surface area contributed by atoms with Crippen LogP contribution in [0.3, 0.4) is 0 Å². The van der Waals surface area contributed by atoms with Gasteiger partial charge < -0.3 is 0 Å². The predicted molar refractivity (Wildman–Crippen MR) is 74.0 cm³/mol. The summed E-state index contributed by atoms with van der Waals surface area (Å²) in [4.78, 5) is 7.39. The van der Waals surface area contributed by atoms with Crippen molar-refractivity contribution in [1.29, 1.82) is 5.26 Å². The van der Waals surface area contributed by atoms with Crippen LogP contribution in [0.25, 0.3) is 0 Å². The molecule has 0 bridgehead atoms. The maximum Gasteiger partial charge on any atom is 0.263 e. The largest absolute Gasteiger partial charge is 0.263 e. The molecule has 0 amide bonds. The lowest BCUT2D eigenvalue weighted by atomic mass is 10.2. The number of anilines is 1. The van der Waals surface area contributed by atoms with Crippen LogP contribution in [-0.2, 0) is 10.0 Å². The third kappa shape index (κ3) is 3.17. The van der Waals surface area contributed by atoms with Crippen molar-refractivity contribution in [3.63, 3.8) is 0 Å². The molecule has 1 aromatic heterocycles. The fourth-order valence-corrected chi connectivity index (χ4v) is 2.79. The average Bonchev–Trinajstić information content (AvgIpc) is 2.38. The van der Waals surface area contributed by atoms with E-state index in [0.717, 1.165) is 0 Å². The van der Waals surface area contributed by atoms with E-state index in [0.29, 0.717) is 0 Å². The van der Waals surface area contributed by atoms with Gasteiger partial charge in [0.2, 0.25) is 0 Å². The monoisotopic (exact) mass is 328 g/mol. The van der Waals surface area contributed by atoms with Crippen molar-refractivity contribution in [2.24, 2.45) is 0 Å². The highest BCUT2D eigenvalue weighted by atomic mass is 35.5. The van der Waals surface area contributed by atoms with Gasteiger partial charge in [-0.05, 0) is 18.2 Å². The Morgan fingerprint density at radius 3 is 2.60 bits per heavy atom. The lowest BCUT2D eigenvalue weighted by Gasteiger charge is -2.07. The smallest absolute Gasteiger partial charge is 0.262 e. The Morgan fingerprint density at radius 2 is 2.00 bits per heavy atom. The topological polar surface area (TPSA) is 95.7 Å². The Morgan fingerprint density at radius 1 is 1.25 bits per heavy atom. The fraction of sp³-hybridized carbons (Fsp3) is 0. The highest BCUT2D eigenvalue weighted by Gasteiger charge is 2.16. The molecule has 2 rings (SSSR count). The van der Waals surface area contributed by atoms with Gasteiger partial charge in [0.1, 0.15) is 11.2 Å². The molecule has 0 saturated heterocycles. The number of benzene rings is 1. The Bertz CT molecular complexity index is 802. The number of aromatic nitrogens is 2. The van der Waals surface area contributed by atoms with Crippen LogP contribution < -0.4 is 4.72 Å². The molecule has 0 unspecified atom stereocenters. The maximum atomic E-state index is 12.1. The van der Waals surface area contributed by atoms with Gasteiger partial charge in [-0.15, -0.1) is 0 Å². The Balaban J connectivity index is 2.36. The summed E-state index contributed by atoms with van der Waals surface area (Å²) in [6.07, 6.45) is 2.49. The number of nitrogens with one attached hydrogen (secondary N) is 1. The van der Waals surface area contributed by atoms with Crippen LogP contribution in [0.2, 0.25) is 10.2 Å². The summed E-state index contributed by atoms with van der Waals surface area (Å²) in [6.45, 7) is 0. The molecule has 0 aliphatic carbocycles. The van der Waals surface area contributed by atoms with E-state index in [9.17, 15) is 8.42 Å². The molecular weight excluding hydrogens is 323 g/mol. The molecular formula is C11H6Cl2N4O2S. The first kappa shape index (κ1) is 14.5. The molecule has 0 aliphatic rings. The van der Waals surface area contributed by atoms with E-state index in [4.69, 9.17) is 28.5 Å². The van der Waals surface area contributed by atoms with Gasteiger partial charge in [0.25, 0.3) is 10.0 Å². The number of hydrogen-bond donors (Lipinski definition) is 1. The second kappa shape index (κ2) is 5.63. The summed E-state index contributed by atoms with van der Waals surface area (Å²) in [6, 6.07) is 5.61. The first-order valence-electron chi connectivity index (χ1n) is 5.12. The molecule has 0 fully saturated rings. The lowest BCUT2D eigenvalue weighted by molar-refractivity contribution is 0.601. The third-order valence-electron chi connectivity index (χ3n) is 2.22. The van der Waals surface area contributed by atoms with Crippen molar-refractivity contribution in [3.05, 3.63) is 46.3 Å². The molecule has 1 aromatic carbocycles. The number of halogens is 2. The summed E-state index contributed by atoms with van der Waals surface area (Å²) >= 11 is 11.4. The van der Waals surface area contributed by atoms with Crippen molar-refractivity contribution >= 4 is 39.0 Å². The maximum absolute atomic E-state index is 12.1. The van der Waals surface area contributed by atoms with Crippen molar-refractivity contribution in [3.8, 4) is 6.07 Å². The van der Waals surface area contributed by atoms with Crippen LogP contribution in [0.1, 0.15) is 5.56 Å². The van der Waals surface area contributed by atoms with Crippen molar-refractivity contribution in [2.45, 2.75) is 4.90 Å². The van der Waals surface area contributed by atoms with Crippen molar-refractivity contribution in [1.82, 2.24) is 9.97 Å². The van der Waals surface area contributed by atoms with Gasteiger partial charge >= 0.3 is 0 Å². The van der Waals surface area contributed by atoms with Crippen molar-refractivity contribution < 1.29 is 8.42 Å². The number of nitrogens with zero attached hydrogens (tertiary/aromatic N) is 3. The fourth-order valence-electron chi connectivity index (χ4n) is 1.34. The minimum atomic E-state index is -3.88. The zero-order valence-corrected chi connectivity index (χ0v) is 12.0. The summed E-state index contributed by atoms with van der Waals surface area (Å²) in [7, 11) is -3.88. The molecule has 1 N–H and O–H groups in total. The highest BCUT2D eigenvalue weighted by Crippen LogP contribution is 2.21. The molecule has 9 heteroatoms. The molecule has 1 heterocycles. The van der Waals surface area contributed by atoms with Gasteiger partial charge in [-0.3, -0.25) is 9.71 Å². The summed E-state index contributed by atoms with van der Waals surface area (Å²) in [5.41, 5.74) is 0.188. The lowest BCUT2D eigenvalue weighted by Crippen LogP contribution is -2.14. The molecule has 0 atom stereocenters. The molecule has 102 valence electrons.